The second-order valence-electron chi connectivity index (χ2n) is 8.44. The first-order valence-corrected chi connectivity index (χ1v) is 9.55. The molecule has 4 rings (SSSR count). The topological polar surface area (TPSA) is 56.8 Å². The summed E-state index contributed by atoms with van der Waals surface area (Å²) in [6, 6.07) is 4.06. The smallest absolute Gasteiger partial charge is 0.407 e. The molecule has 27 heavy (non-hydrogen) atoms. The van der Waals surface area contributed by atoms with Crippen LogP contribution < -0.4 is 14.8 Å². The van der Waals surface area contributed by atoms with E-state index in [1.807, 2.05) is 26.8 Å². The zero-order valence-corrected chi connectivity index (χ0v) is 16.4. The summed E-state index contributed by atoms with van der Waals surface area (Å²) in [4.78, 5) is 12.1. The van der Waals surface area contributed by atoms with Gasteiger partial charge in [0, 0.05) is 29.9 Å². The number of alkyl carbamates (subject to hydrolysis) is 1. The second kappa shape index (κ2) is 6.32. The van der Waals surface area contributed by atoms with E-state index in [1.54, 1.807) is 7.11 Å². The van der Waals surface area contributed by atoms with Gasteiger partial charge in [0.25, 0.3) is 0 Å². The Morgan fingerprint density at radius 1 is 1.33 bits per heavy atom. The minimum Gasteiger partial charge on any atom is -0.493 e. The Labute approximate surface area is 160 Å². The van der Waals surface area contributed by atoms with Crippen LogP contribution in [0.1, 0.15) is 44.7 Å². The molecule has 1 amide bonds. The van der Waals surface area contributed by atoms with Crippen molar-refractivity contribution in [3.8, 4) is 11.5 Å². The van der Waals surface area contributed by atoms with Crippen molar-refractivity contribution < 1.29 is 19.0 Å². The summed E-state index contributed by atoms with van der Waals surface area (Å²) in [5.74, 6) is 1.88. The number of hydrogen-bond donors (Lipinski definition) is 1. The minimum absolute atomic E-state index is 0.0444. The quantitative estimate of drug-likeness (QED) is 0.808. The van der Waals surface area contributed by atoms with Gasteiger partial charge >= 0.3 is 6.09 Å². The molecule has 0 radical (unpaired) electrons. The first-order valence-electron chi connectivity index (χ1n) is 9.55. The summed E-state index contributed by atoms with van der Waals surface area (Å²) >= 11 is 0. The molecule has 0 unspecified atom stereocenters. The fraction of sp³-hybridized carbons (Fsp3) is 0.500. The molecule has 0 aromatic heterocycles. The van der Waals surface area contributed by atoms with Gasteiger partial charge in [-0.3, -0.25) is 0 Å². The highest BCUT2D eigenvalue weighted by molar-refractivity contribution is 5.71. The summed E-state index contributed by atoms with van der Waals surface area (Å²) < 4.78 is 17.3. The number of methoxy groups -OCH3 is 1. The Morgan fingerprint density at radius 2 is 2.15 bits per heavy atom. The molecule has 1 N–H and O–H groups in total. The van der Waals surface area contributed by atoms with Crippen LogP contribution in [0.15, 0.2) is 30.4 Å². The van der Waals surface area contributed by atoms with Gasteiger partial charge in [-0.25, -0.2) is 4.79 Å². The number of allylic oxidation sites excluding steroid dienone is 2. The van der Waals surface area contributed by atoms with E-state index in [0.717, 1.165) is 24.3 Å². The molecule has 1 aliphatic heterocycles. The fourth-order valence-electron chi connectivity index (χ4n) is 4.63. The van der Waals surface area contributed by atoms with E-state index in [9.17, 15) is 4.79 Å². The number of hydrogen-bond acceptors (Lipinski definition) is 4. The monoisotopic (exact) mass is 369 g/mol. The Morgan fingerprint density at radius 3 is 2.89 bits per heavy atom. The summed E-state index contributed by atoms with van der Waals surface area (Å²) in [5.41, 5.74) is 1.71. The molecule has 144 valence electrons. The van der Waals surface area contributed by atoms with Crippen molar-refractivity contribution in [2.45, 2.75) is 50.7 Å². The molecular formula is C22H27NO4. The van der Waals surface area contributed by atoms with E-state index in [4.69, 9.17) is 14.2 Å². The lowest BCUT2D eigenvalue weighted by Crippen LogP contribution is -2.48. The molecule has 3 aliphatic rings. The van der Waals surface area contributed by atoms with Crippen LogP contribution in [0, 0.1) is 5.92 Å². The van der Waals surface area contributed by atoms with E-state index in [0.29, 0.717) is 6.54 Å². The van der Waals surface area contributed by atoms with Gasteiger partial charge in [-0.15, -0.1) is 0 Å². The van der Waals surface area contributed by atoms with Crippen molar-refractivity contribution >= 4 is 12.2 Å². The molecule has 0 saturated heterocycles. The molecule has 1 aromatic carbocycles. The van der Waals surface area contributed by atoms with E-state index < -0.39 is 5.60 Å². The van der Waals surface area contributed by atoms with Crippen molar-refractivity contribution in [2.24, 2.45) is 5.92 Å². The maximum Gasteiger partial charge on any atom is 0.407 e. The van der Waals surface area contributed by atoms with Crippen LogP contribution in [0.25, 0.3) is 6.08 Å². The number of benzene rings is 1. The molecule has 1 heterocycles. The number of carbonyl (C=O) groups excluding carboxylic acids is 1. The normalized spacial score (nSPS) is 27.0. The van der Waals surface area contributed by atoms with Crippen LogP contribution >= 0.6 is 0 Å². The molecule has 0 bridgehead atoms. The van der Waals surface area contributed by atoms with Gasteiger partial charge in [0.1, 0.15) is 11.7 Å². The van der Waals surface area contributed by atoms with Crippen molar-refractivity contribution in [3.05, 3.63) is 41.5 Å². The number of rotatable bonds is 4. The molecular weight excluding hydrogens is 342 g/mol. The molecule has 5 nitrogen and oxygen atoms in total. The predicted molar refractivity (Wildman–Crippen MR) is 104 cm³/mol. The standard InChI is InChI=1S/C22H27NO4/c1-21(2,3)27-20(24)23-13-12-22-15-6-5-7-17(22)26-19-16(25-4)11-9-14(8-10-15)18(19)22/h5-6,8-11,15,17H,7,12-13H2,1-4H3,(H,23,24)/t15-,17-,22+/m0/s1. The second-order valence-corrected chi connectivity index (χ2v) is 8.44. The Balaban J connectivity index is 1.63. The summed E-state index contributed by atoms with van der Waals surface area (Å²) in [5, 5.41) is 2.92. The zero-order chi connectivity index (χ0) is 19.2. The van der Waals surface area contributed by atoms with E-state index in [2.05, 4.69) is 35.7 Å². The molecule has 3 atom stereocenters. The molecule has 0 fully saturated rings. The maximum atomic E-state index is 12.1. The first-order chi connectivity index (χ1) is 12.8. The highest BCUT2D eigenvalue weighted by Crippen LogP contribution is 2.59. The highest BCUT2D eigenvalue weighted by Gasteiger charge is 2.56. The van der Waals surface area contributed by atoms with Gasteiger partial charge < -0.3 is 19.5 Å². The van der Waals surface area contributed by atoms with Gasteiger partial charge in [-0.05, 0) is 38.8 Å². The maximum absolute atomic E-state index is 12.1. The van der Waals surface area contributed by atoms with E-state index >= 15 is 0 Å². The first kappa shape index (κ1) is 18.0. The van der Waals surface area contributed by atoms with E-state index in [1.165, 1.54) is 11.1 Å². The number of ether oxygens (including phenoxy) is 3. The number of carbonyl (C=O) groups is 1. The lowest BCUT2D eigenvalue weighted by Gasteiger charge is -2.43. The Hall–Kier alpha value is -2.43. The predicted octanol–water partition coefficient (Wildman–Crippen LogP) is 4.21. The highest BCUT2D eigenvalue weighted by atomic mass is 16.6. The molecule has 0 saturated carbocycles. The third-order valence-corrected chi connectivity index (χ3v) is 5.65. The lowest BCUT2D eigenvalue weighted by atomic mass is 9.59. The molecule has 0 spiro atoms. The fourth-order valence-corrected chi connectivity index (χ4v) is 4.63. The zero-order valence-electron chi connectivity index (χ0n) is 16.4. The average Bonchev–Trinajstić information content (AvgIpc) is 2.94. The Bertz CT molecular complexity index is 820. The van der Waals surface area contributed by atoms with Crippen LogP contribution in [-0.4, -0.2) is 31.5 Å². The summed E-state index contributed by atoms with van der Waals surface area (Å²) in [6.45, 7) is 6.13. The van der Waals surface area contributed by atoms with Gasteiger partial charge in [0.05, 0.1) is 7.11 Å². The van der Waals surface area contributed by atoms with Crippen molar-refractivity contribution in [2.75, 3.05) is 13.7 Å². The van der Waals surface area contributed by atoms with E-state index in [-0.39, 0.29) is 23.5 Å². The van der Waals surface area contributed by atoms with Crippen LogP contribution in [0.5, 0.6) is 11.5 Å². The largest absolute Gasteiger partial charge is 0.493 e. The van der Waals surface area contributed by atoms with Gasteiger partial charge in [0.2, 0.25) is 0 Å². The summed E-state index contributed by atoms with van der Waals surface area (Å²) in [7, 11) is 1.68. The molecule has 1 aromatic rings. The van der Waals surface area contributed by atoms with Crippen LogP contribution in [0.4, 0.5) is 4.79 Å². The molecule has 2 aliphatic carbocycles. The SMILES string of the molecule is COc1ccc2c3c1O[C@H]1CC=C[C@@H](C=C2)[C@@]31CCNC(=O)OC(C)(C)C. The third kappa shape index (κ3) is 2.89. The van der Waals surface area contributed by atoms with Gasteiger partial charge in [-0.2, -0.15) is 0 Å². The van der Waals surface area contributed by atoms with Crippen LogP contribution in [0.2, 0.25) is 0 Å². The third-order valence-electron chi connectivity index (χ3n) is 5.65. The Kier molecular flexibility index (Phi) is 4.21. The van der Waals surface area contributed by atoms with Crippen molar-refractivity contribution in [1.82, 2.24) is 5.32 Å². The van der Waals surface area contributed by atoms with Crippen LogP contribution in [-0.2, 0) is 10.2 Å². The number of amides is 1. The van der Waals surface area contributed by atoms with Crippen molar-refractivity contribution in [1.29, 1.82) is 0 Å². The van der Waals surface area contributed by atoms with Gasteiger partial charge in [0.15, 0.2) is 11.5 Å². The summed E-state index contributed by atoms with van der Waals surface area (Å²) in [6.07, 6.45) is 10.2. The lowest BCUT2D eigenvalue weighted by molar-refractivity contribution is 0.0510. The van der Waals surface area contributed by atoms with Gasteiger partial charge in [-0.1, -0.05) is 30.4 Å². The van der Waals surface area contributed by atoms with Crippen molar-refractivity contribution in [3.63, 3.8) is 0 Å². The van der Waals surface area contributed by atoms with Crippen LogP contribution in [0.3, 0.4) is 0 Å². The number of nitrogens with one attached hydrogen (secondary N) is 1. The average molecular weight is 369 g/mol. The minimum atomic E-state index is -0.501. The molecule has 5 heteroatoms.